The summed E-state index contributed by atoms with van der Waals surface area (Å²) in [5.41, 5.74) is 2.45. The molecule has 0 atom stereocenters. The summed E-state index contributed by atoms with van der Waals surface area (Å²) in [6.45, 7) is 0. The van der Waals surface area contributed by atoms with Crippen LogP contribution >= 0.6 is 11.3 Å². The van der Waals surface area contributed by atoms with Crippen molar-refractivity contribution in [1.29, 1.82) is 0 Å². The van der Waals surface area contributed by atoms with Crippen molar-refractivity contribution in [1.82, 2.24) is 0 Å². The second-order valence-electron chi connectivity index (χ2n) is 6.52. The first-order valence-corrected chi connectivity index (χ1v) is 9.98. The van der Waals surface area contributed by atoms with E-state index in [4.69, 9.17) is 0 Å². The number of anilines is 1. The molecular formula is C24H19NO3S. The molecule has 0 aliphatic carbocycles. The van der Waals surface area contributed by atoms with Gasteiger partial charge in [0.1, 0.15) is 5.75 Å². The van der Waals surface area contributed by atoms with Crippen molar-refractivity contribution in [2.24, 2.45) is 0 Å². The van der Waals surface area contributed by atoms with E-state index in [-0.39, 0.29) is 17.1 Å². The van der Waals surface area contributed by atoms with Crippen LogP contribution in [0.4, 0.5) is 5.00 Å². The number of fused-ring (bicyclic) bond motifs is 1. The number of thiophene rings is 1. The van der Waals surface area contributed by atoms with Gasteiger partial charge in [-0.05, 0) is 17.0 Å². The van der Waals surface area contributed by atoms with E-state index in [1.165, 1.54) is 11.3 Å². The number of carbonyl (C=O) groups excluding carboxylic acids is 1. The molecule has 0 radical (unpaired) electrons. The van der Waals surface area contributed by atoms with Crippen LogP contribution in [0, 0.1) is 0 Å². The number of carbonyl (C=O) groups is 1. The molecule has 0 saturated heterocycles. The Morgan fingerprint density at radius 1 is 0.966 bits per heavy atom. The number of rotatable bonds is 5. The highest BCUT2D eigenvalue weighted by atomic mass is 32.1. The average Bonchev–Trinajstić information content (AvgIpc) is 3.19. The number of phenolic OH excluding ortho intramolecular Hbond substituents is 1. The van der Waals surface area contributed by atoms with E-state index < -0.39 is 0 Å². The van der Waals surface area contributed by atoms with E-state index in [2.05, 4.69) is 5.32 Å². The van der Waals surface area contributed by atoms with Crippen molar-refractivity contribution in [3.63, 3.8) is 0 Å². The SMILES string of the molecule is CNc1scc(-c2ccc3ccccc3c2O)c1C(=O)/C(=C/O)c1ccccc1. The van der Waals surface area contributed by atoms with E-state index in [1.807, 2.05) is 60.0 Å². The second-order valence-corrected chi connectivity index (χ2v) is 7.40. The maximum atomic E-state index is 13.4. The zero-order chi connectivity index (χ0) is 20.4. The number of hydrogen-bond acceptors (Lipinski definition) is 5. The molecule has 1 heterocycles. The summed E-state index contributed by atoms with van der Waals surface area (Å²) in [5, 5.41) is 28.0. The van der Waals surface area contributed by atoms with E-state index in [0.29, 0.717) is 27.3 Å². The lowest BCUT2D eigenvalue weighted by atomic mass is 9.92. The summed E-state index contributed by atoms with van der Waals surface area (Å²) in [4.78, 5) is 13.4. The third kappa shape index (κ3) is 3.26. The number of benzene rings is 3. The fourth-order valence-electron chi connectivity index (χ4n) is 3.45. The number of nitrogens with one attached hydrogen (secondary N) is 1. The topological polar surface area (TPSA) is 69.6 Å². The highest BCUT2D eigenvalue weighted by Gasteiger charge is 2.25. The minimum atomic E-state index is -0.313. The number of aliphatic hydroxyl groups is 1. The van der Waals surface area contributed by atoms with Crippen molar-refractivity contribution in [2.45, 2.75) is 0 Å². The van der Waals surface area contributed by atoms with Gasteiger partial charge in [-0.15, -0.1) is 11.3 Å². The predicted octanol–water partition coefficient (Wildman–Crippen LogP) is 6.10. The molecule has 4 nitrogen and oxygen atoms in total. The van der Waals surface area contributed by atoms with Gasteiger partial charge in [0.25, 0.3) is 0 Å². The first-order chi connectivity index (χ1) is 14.2. The Morgan fingerprint density at radius 3 is 2.41 bits per heavy atom. The third-order valence-electron chi connectivity index (χ3n) is 4.89. The minimum absolute atomic E-state index is 0.131. The molecule has 4 rings (SSSR count). The molecule has 5 heteroatoms. The van der Waals surface area contributed by atoms with Crippen LogP contribution in [0.15, 0.2) is 78.4 Å². The molecule has 0 bridgehead atoms. The van der Waals surface area contributed by atoms with Gasteiger partial charge in [-0.3, -0.25) is 4.79 Å². The fraction of sp³-hybridized carbons (Fsp3) is 0.0417. The van der Waals surface area contributed by atoms with Crippen molar-refractivity contribution in [3.05, 3.63) is 89.5 Å². The molecule has 0 spiro atoms. The standard InChI is InChI=1S/C24H19NO3S/c1-25-24-21(23(28)19(13-26)15-7-3-2-4-8-15)20(14-29-24)18-12-11-16-9-5-6-10-17(16)22(18)27/h2-14,25-27H,1H3/b19-13+. The van der Waals surface area contributed by atoms with Gasteiger partial charge in [0.15, 0.2) is 5.78 Å². The van der Waals surface area contributed by atoms with Crippen LogP contribution in [0.25, 0.3) is 27.5 Å². The lowest BCUT2D eigenvalue weighted by molar-refractivity contribution is 0.105. The lowest BCUT2D eigenvalue weighted by Crippen LogP contribution is -2.06. The van der Waals surface area contributed by atoms with Crippen LogP contribution in [-0.2, 0) is 0 Å². The smallest absolute Gasteiger partial charge is 0.200 e. The van der Waals surface area contributed by atoms with Gasteiger partial charge in [-0.1, -0.05) is 60.7 Å². The molecule has 0 aliphatic heterocycles. The van der Waals surface area contributed by atoms with Crippen molar-refractivity contribution in [2.75, 3.05) is 12.4 Å². The summed E-state index contributed by atoms with van der Waals surface area (Å²) in [6.07, 6.45) is 0.846. The molecule has 29 heavy (non-hydrogen) atoms. The van der Waals surface area contributed by atoms with Gasteiger partial charge in [0, 0.05) is 28.9 Å². The number of hydrogen-bond donors (Lipinski definition) is 3. The van der Waals surface area contributed by atoms with Crippen LogP contribution in [0.3, 0.4) is 0 Å². The van der Waals surface area contributed by atoms with Crippen LogP contribution in [0.2, 0.25) is 0 Å². The molecule has 3 N–H and O–H groups in total. The van der Waals surface area contributed by atoms with Gasteiger partial charge < -0.3 is 15.5 Å². The second kappa shape index (κ2) is 7.81. The normalized spacial score (nSPS) is 11.6. The van der Waals surface area contributed by atoms with Crippen LogP contribution in [0.1, 0.15) is 15.9 Å². The van der Waals surface area contributed by atoms with E-state index >= 15 is 0 Å². The van der Waals surface area contributed by atoms with Gasteiger partial charge in [0.2, 0.25) is 0 Å². The molecule has 144 valence electrons. The maximum absolute atomic E-state index is 13.4. The monoisotopic (exact) mass is 401 g/mol. The van der Waals surface area contributed by atoms with Crippen LogP contribution < -0.4 is 5.32 Å². The molecule has 0 amide bonds. The van der Waals surface area contributed by atoms with Crippen molar-refractivity contribution >= 4 is 38.5 Å². The maximum Gasteiger partial charge on any atom is 0.200 e. The third-order valence-corrected chi connectivity index (χ3v) is 5.89. The highest BCUT2D eigenvalue weighted by Crippen LogP contribution is 2.43. The quantitative estimate of drug-likeness (QED) is 0.215. The fourth-order valence-corrected chi connectivity index (χ4v) is 4.37. The molecule has 1 aromatic heterocycles. The summed E-state index contributed by atoms with van der Waals surface area (Å²) < 4.78 is 0. The van der Waals surface area contributed by atoms with Crippen molar-refractivity contribution in [3.8, 4) is 16.9 Å². The molecule has 3 aromatic carbocycles. The summed E-state index contributed by atoms with van der Waals surface area (Å²) in [5.74, 6) is -0.182. The number of ketones is 1. The lowest BCUT2D eigenvalue weighted by Gasteiger charge is -2.12. The Bertz CT molecular complexity index is 1230. The Morgan fingerprint density at radius 2 is 1.69 bits per heavy atom. The summed E-state index contributed by atoms with van der Waals surface area (Å²) in [6, 6.07) is 20.3. The number of aromatic hydroxyl groups is 1. The number of aliphatic hydroxyl groups excluding tert-OH is 1. The van der Waals surface area contributed by atoms with Crippen LogP contribution in [-0.4, -0.2) is 23.0 Å². The first kappa shape index (κ1) is 18.8. The summed E-state index contributed by atoms with van der Waals surface area (Å²) >= 11 is 1.38. The Hall–Kier alpha value is -3.57. The Balaban J connectivity index is 1.90. The minimum Gasteiger partial charge on any atom is -0.515 e. The molecule has 0 aliphatic rings. The van der Waals surface area contributed by atoms with Gasteiger partial charge in [-0.2, -0.15) is 0 Å². The average molecular weight is 401 g/mol. The van der Waals surface area contributed by atoms with E-state index in [1.54, 1.807) is 19.2 Å². The largest absolute Gasteiger partial charge is 0.515 e. The molecule has 0 fully saturated rings. The number of Topliss-reactive ketones (excluding diaryl/α,β-unsaturated/α-hetero) is 1. The van der Waals surface area contributed by atoms with E-state index in [9.17, 15) is 15.0 Å². The van der Waals surface area contributed by atoms with Gasteiger partial charge >= 0.3 is 0 Å². The molecule has 0 saturated carbocycles. The predicted molar refractivity (Wildman–Crippen MR) is 120 cm³/mol. The highest BCUT2D eigenvalue weighted by molar-refractivity contribution is 7.15. The number of phenols is 1. The van der Waals surface area contributed by atoms with Crippen LogP contribution in [0.5, 0.6) is 5.75 Å². The zero-order valence-electron chi connectivity index (χ0n) is 15.7. The Kier molecular flexibility index (Phi) is 5.06. The van der Waals surface area contributed by atoms with Gasteiger partial charge in [0.05, 0.1) is 22.4 Å². The van der Waals surface area contributed by atoms with Crippen molar-refractivity contribution < 1.29 is 15.0 Å². The molecule has 0 unspecified atom stereocenters. The zero-order valence-corrected chi connectivity index (χ0v) is 16.5. The molecule has 4 aromatic rings. The summed E-state index contributed by atoms with van der Waals surface area (Å²) in [7, 11) is 1.75. The first-order valence-electron chi connectivity index (χ1n) is 9.10. The molecular weight excluding hydrogens is 382 g/mol. The van der Waals surface area contributed by atoms with Gasteiger partial charge in [-0.25, -0.2) is 0 Å². The Labute approximate surface area is 172 Å². The number of allylic oxidation sites excluding steroid dienone is 1. The van der Waals surface area contributed by atoms with E-state index in [0.717, 1.165) is 17.0 Å².